The number of pyridine rings is 1. The van der Waals surface area contributed by atoms with Gasteiger partial charge in [0.1, 0.15) is 5.69 Å². The van der Waals surface area contributed by atoms with Crippen LogP contribution in [0.5, 0.6) is 0 Å². The van der Waals surface area contributed by atoms with Gasteiger partial charge in [0.15, 0.2) is 0 Å². The summed E-state index contributed by atoms with van der Waals surface area (Å²) in [7, 11) is 0. The van der Waals surface area contributed by atoms with Crippen molar-refractivity contribution in [2.45, 2.75) is 18.4 Å². The molecule has 1 saturated carbocycles. The molecule has 1 aromatic heterocycles. The van der Waals surface area contributed by atoms with Gasteiger partial charge >= 0.3 is 0 Å². The normalized spacial score (nSPS) is 22.1. The Morgan fingerprint density at radius 2 is 2.12 bits per heavy atom. The molecular formula is C12H15N3O2. The molecular weight excluding hydrogens is 218 g/mol. The molecule has 1 saturated heterocycles. The summed E-state index contributed by atoms with van der Waals surface area (Å²) in [6, 6.07) is 4.60. The summed E-state index contributed by atoms with van der Waals surface area (Å²) in [5.41, 5.74) is 6.09. The minimum atomic E-state index is -0.252. The zero-order valence-corrected chi connectivity index (χ0v) is 9.48. The van der Waals surface area contributed by atoms with Crippen LogP contribution in [0.3, 0.4) is 0 Å². The molecule has 2 heterocycles. The highest BCUT2D eigenvalue weighted by Crippen LogP contribution is 2.43. The Hall–Kier alpha value is -1.62. The first-order valence-electron chi connectivity index (χ1n) is 5.86. The lowest BCUT2D eigenvalue weighted by Crippen LogP contribution is -2.69. The maximum atomic E-state index is 12.0. The van der Waals surface area contributed by atoms with Gasteiger partial charge in [-0.2, -0.15) is 0 Å². The SMILES string of the molecule is NC1(C2CC2)CN(C(=O)c2cccc(=O)[nH]2)C1. The van der Waals surface area contributed by atoms with Crippen molar-refractivity contribution in [1.82, 2.24) is 9.88 Å². The Kier molecular flexibility index (Phi) is 2.13. The highest BCUT2D eigenvalue weighted by Gasteiger charge is 2.51. The van der Waals surface area contributed by atoms with Crippen molar-refractivity contribution in [2.24, 2.45) is 11.7 Å². The Morgan fingerprint density at radius 1 is 1.41 bits per heavy atom. The van der Waals surface area contributed by atoms with Gasteiger partial charge in [0, 0.05) is 19.2 Å². The number of nitrogens with zero attached hydrogens (tertiary/aromatic N) is 1. The lowest BCUT2D eigenvalue weighted by atomic mass is 9.85. The average molecular weight is 233 g/mol. The van der Waals surface area contributed by atoms with Crippen molar-refractivity contribution in [3.8, 4) is 0 Å². The van der Waals surface area contributed by atoms with E-state index in [1.807, 2.05) is 0 Å². The predicted molar refractivity (Wildman–Crippen MR) is 62.6 cm³/mol. The van der Waals surface area contributed by atoms with E-state index in [2.05, 4.69) is 4.98 Å². The van der Waals surface area contributed by atoms with E-state index >= 15 is 0 Å². The first kappa shape index (κ1) is 10.5. The van der Waals surface area contributed by atoms with Gasteiger partial charge in [0.05, 0.1) is 5.54 Å². The molecule has 1 amide bonds. The molecule has 90 valence electrons. The van der Waals surface area contributed by atoms with Gasteiger partial charge in [-0.05, 0) is 24.8 Å². The van der Waals surface area contributed by atoms with Crippen molar-refractivity contribution in [1.29, 1.82) is 0 Å². The van der Waals surface area contributed by atoms with E-state index < -0.39 is 0 Å². The topological polar surface area (TPSA) is 79.2 Å². The van der Waals surface area contributed by atoms with E-state index in [9.17, 15) is 9.59 Å². The van der Waals surface area contributed by atoms with Crippen LogP contribution in [-0.2, 0) is 0 Å². The fourth-order valence-corrected chi connectivity index (χ4v) is 2.47. The number of carbonyl (C=O) groups excluding carboxylic acids is 1. The number of amides is 1. The molecule has 2 aliphatic rings. The third-order valence-corrected chi connectivity index (χ3v) is 3.65. The van der Waals surface area contributed by atoms with E-state index in [1.165, 1.54) is 18.9 Å². The number of nitrogens with one attached hydrogen (secondary N) is 1. The summed E-state index contributed by atoms with van der Waals surface area (Å²) in [5.74, 6) is 0.450. The third kappa shape index (κ3) is 1.76. The molecule has 1 aromatic rings. The smallest absolute Gasteiger partial charge is 0.270 e. The number of aromatic amines is 1. The predicted octanol–water partition coefficient (Wildman–Crippen LogP) is -0.0618. The van der Waals surface area contributed by atoms with E-state index in [4.69, 9.17) is 5.73 Å². The summed E-state index contributed by atoms with van der Waals surface area (Å²) < 4.78 is 0. The Morgan fingerprint density at radius 3 is 2.71 bits per heavy atom. The van der Waals surface area contributed by atoms with Crippen LogP contribution in [-0.4, -0.2) is 34.4 Å². The molecule has 3 N–H and O–H groups in total. The Bertz CT molecular complexity index is 512. The number of likely N-dealkylation sites (tertiary alicyclic amines) is 1. The molecule has 2 fully saturated rings. The lowest BCUT2D eigenvalue weighted by molar-refractivity contribution is 0.0344. The van der Waals surface area contributed by atoms with Gasteiger partial charge < -0.3 is 15.6 Å². The zero-order chi connectivity index (χ0) is 12.0. The number of aromatic nitrogens is 1. The largest absolute Gasteiger partial charge is 0.334 e. The molecule has 17 heavy (non-hydrogen) atoms. The minimum absolute atomic E-state index is 0.135. The van der Waals surface area contributed by atoms with Crippen molar-refractivity contribution >= 4 is 5.91 Å². The van der Waals surface area contributed by atoms with Gasteiger partial charge in [-0.3, -0.25) is 9.59 Å². The number of carbonyl (C=O) groups is 1. The van der Waals surface area contributed by atoms with Crippen LogP contribution < -0.4 is 11.3 Å². The first-order valence-corrected chi connectivity index (χ1v) is 5.86. The van der Waals surface area contributed by atoms with E-state index in [1.54, 1.807) is 17.0 Å². The van der Waals surface area contributed by atoms with Crippen molar-refractivity contribution < 1.29 is 4.79 Å². The standard InChI is InChI=1S/C12H15N3O2/c13-12(8-4-5-8)6-15(7-12)11(17)9-2-1-3-10(16)14-9/h1-3,8H,4-7,13H2,(H,14,16). The van der Waals surface area contributed by atoms with Crippen molar-refractivity contribution in [2.75, 3.05) is 13.1 Å². The maximum absolute atomic E-state index is 12.0. The van der Waals surface area contributed by atoms with E-state index in [-0.39, 0.29) is 17.0 Å². The van der Waals surface area contributed by atoms with E-state index in [0.717, 1.165) is 0 Å². The lowest BCUT2D eigenvalue weighted by Gasteiger charge is -2.48. The number of H-pyrrole nitrogens is 1. The maximum Gasteiger partial charge on any atom is 0.270 e. The van der Waals surface area contributed by atoms with Crippen LogP contribution in [0.1, 0.15) is 23.3 Å². The quantitative estimate of drug-likeness (QED) is 0.751. The molecule has 0 aromatic carbocycles. The van der Waals surface area contributed by atoms with Gasteiger partial charge in [-0.15, -0.1) is 0 Å². The van der Waals surface area contributed by atoms with Gasteiger partial charge in [-0.1, -0.05) is 6.07 Å². The molecule has 0 bridgehead atoms. The van der Waals surface area contributed by atoms with Crippen LogP contribution in [0.15, 0.2) is 23.0 Å². The van der Waals surface area contributed by atoms with Crippen molar-refractivity contribution in [3.63, 3.8) is 0 Å². The zero-order valence-electron chi connectivity index (χ0n) is 9.48. The van der Waals surface area contributed by atoms with Gasteiger partial charge in [-0.25, -0.2) is 0 Å². The molecule has 1 aliphatic heterocycles. The summed E-state index contributed by atoms with van der Waals surface area (Å²) in [5, 5.41) is 0. The molecule has 3 rings (SSSR count). The second-order valence-electron chi connectivity index (χ2n) is 5.10. The van der Waals surface area contributed by atoms with Crippen LogP contribution in [0, 0.1) is 5.92 Å². The molecule has 0 atom stereocenters. The minimum Gasteiger partial charge on any atom is -0.334 e. The fourth-order valence-electron chi connectivity index (χ4n) is 2.47. The van der Waals surface area contributed by atoms with Gasteiger partial charge in [0.25, 0.3) is 5.91 Å². The van der Waals surface area contributed by atoms with Crippen LogP contribution in [0.2, 0.25) is 0 Å². The Labute approximate surface area is 98.6 Å². The summed E-state index contributed by atoms with van der Waals surface area (Å²) in [4.78, 5) is 27.4. The van der Waals surface area contributed by atoms with Crippen LogP contribution >= 0.6 is 0 Å². The molecule has 1 aliphatic carbocycles. The number of hydrogen-bond donors (Lipinski definition) is 2. The first-order chi connectivity index (χ1) is 8.08. The molecule has 0 spiro atoms. The molecule has 5 nitrogen and oxygen atoms in total. The number of hydrogen-bond acceptors (Lipinski definition) is 3. The number of nitrogens with two attached hydrogens (primary N) is 1. The molecule has 0 radical (unpaired) electrons. The average Bonchev–Trinajstić information content (AvgIpc) is 3.08. The van der Waals surface area contributed by atoms with Crippen LogP contribution in [0.25, 0.3) is 0 Å². The van der Waals surface area contributed by atoms with Crippen molar-refractivity contribution in [3.05, 3.63) is 34.2 Å². The summed E-state index contributed by atoms with van der Waals surface area (Å²) in [6.07, 6.45) is 2.36. The highest BCUT2D eigenvalue weighted by atomic mass is 16.2. The van der Waals surface area contributed by atoms with E-state index in [0.29, 0.717) is 24.7 Å². The molecule has 5 heteroatoms. The summed E-state index contributed by atoms with van der Waals surface area (Å²) >= 11 is 0. The van der Waals surface area contributed by atoms with Gasteiger partial charge in [0.2, 0.25) is 5.56 Å². The fraction of sp³-hybridized carbons (Fsp3) is 0.500. The third-order valence-electron chi connectivity index (χ3n) is 3.65. The number of rotatable bonds is 2. The monoisotopic (exact) mass is 233 g/mol. The Balaban J connectivity index is 1.71. The summed E-state index contributed by atoms with van der Waals surface area (Å²) in [6.45, 7) is 1.21. The molecule has 0 unspecified atom stereocenters. The second-order valence-corrected chi connectivity index (χ2v) is 5.10. The second kappa shape index (κ2) is 3.43. The van der Waals surface area contributed by atoms with Crippen LogP contribution in [0.4, 0.5) is 0 Å². The highest BCUT2D eigenvalue weighted by molar-refractivity contribution is 5.93.